The summed E-state index contributed by atoms with van der Waals surface area (Å²) < 4.78 is 5.23. The summed E-state index contributed by atoms with van der Waals surface area (Å²) in [6, 6.07) is 12.1. The smallest absolute Gasteiger partial charge is 0.228 e. The Morgan fingerprint density at radius 3 is 2.64 bits per heavy atom. The van der Waals surface area contributed by atoms with Gasteiger partial charge in [0.1, 0.15) is 5.75 Å². The lowest BCUT2D eigenvalue weighted by molar-refractivity contribution is -0.131. The zero-order chi connectivity index (χ0) is 17.5. The molecule has 0 bridgehead atoms. The molecule has 2 heterocycles. The van der Waals surface area contributed by atoms with E-state index in [1.54, 1.807) is 18.4 Å². The third kappa shape index (κ3) is 5.31. The molecule has 0 spiro atoms. The van der Waals surface area contributed by atoms with E-state index in [2.05, 4.69) is 5.32 Å². The number of benzene rings is 1. The van der Waals surface area contributed by atoms with Gasteiger partial charge in [-0.15, -0.1) is 11.3 Å². The summed E-state index contributed by atoms with van der Waals surface area (Å²) in [7, 11) is 1.67. The summed E-state index contributed by atoms with van der Waals surface area (Å²) in [5.74, 6) is 1.65. The van der Waals surface area contributed by atoms with Crippen LogP contribution in [0.4, 0.5) is 0 Å². The van der Waals surface area contributed by atoms with Crippen LogP contribution in [0, 0.1) is 5.92 Å². The number of nitrogens with one attached hydrogen (secondary N) is 1. The Hall–Kier alpha value is -1.85. The number of carbonyl (C=O) groups excluding carboxylic acids is 1. The van der Waals surface area contributed by atoms with E-state index in [0.717, 1.165) is 48.7 Å². The average Bonchev–Trinajstić information content (AvgIpc) is 3.15. The Bertz CT molecular complexity index is 649. The molecular weight excluding hydrogens is 332 g/mol. The van der Waals surface area contributed by atoms with E-state index in [1.165, 1.54) is 0 Å². The van der Waals surface area contributed by atoms with Gasteiger partial charge in [-0.1, -0.05) is 18.2 Å². The number of methoxy groups -OCH3 is 1. The second-order valence-electron chi connectivity index (χ2n) is 6.57. The molecule has 3 rings (SSSR count). The van der Waals surface area contributed by atoms with Crippen LogP contribution in [0.1, 0.15) is 23.3 Å². The minimum absolute atomic E-state index is 0.219. The molecule has 1 fully saturated rings. The summed E-state index contributed by atoms with van der Waals surface area (Å²) in [4.78, 5) is 16.1. The zero-order valence-electron chi connectivity index (χ0n) is 14.7. The van der Waals surface area contributed by atoms with Crippen molar-refractivity contribution in [3.8, 4) is 5.75 Å². The number of carbonyl (C=O) groups is 1. The maximum atomic E-state index is 12.9. The first-order valence-electron chi connectivity index (χ1n) is 8.88. The Morgan fingerprint density at radius 1 is 1.24 bits per heavy atom. The lowest BCUT2D eigenvalue weighted by atomic mass is 9.97. The largest absolute Gasteiger partial charge is 0.497 e. The van der Waals surface area contributed by atoms with E-state index in [0.29, 0.717) is 18.9 Å². The number of piperidine rings is 1. The third-order valence-corrected chi connectivity index (χ3v) is 5.60. The maximum Gasteiger partial charge on any atom is 0.228 e. The summed E-state index contributed by atoms with van der Waals surface area (Å²) in [5, 5.41) is 5.43. The molecule has 0 atom stereocenters. The molecule has 1 N–H and O–H groups in total. The van der Waals surface area contributed by atoms with Gasteiger partial charge in [0.05, 0.1) is 13.5 Å². The van der Waals surface area contributed by atoms with Crippen LogP contribution in [-0.4, -0.2) is 37.6 Å². The van der Waals surface area contributed by atoms with Crippen LogP contribution >= 0.6 is 11.3 Å². The van der Waals surface area contributed by atoms with Crippen molar-refractivity contribution in [2.24, 2.45) is 5.92 Å². The number of ether oxygens (including phenoxy) is 1. The normalized spacial score (nSPS) is 15.1. The highest BCUT2D eigenvalue weighted by Gasteiger charge is 2.21. The fourth-order valence-corrected chi connectivity index (χ4v) is 3.95. The summed E-state index contributed by atoms with van der Waals surface area (Å²) in [6.45, 7) is 3.62. The molecule has 1 saturated heterocycles. The van der Waals surface area contributed by atoms with E-state index in [4.69, 9.17) is 4.74 Å². The zero-order valence-corrected chi connectivity index (χ0v) is 15.6. The van der Waals surface area contributed by atoms with Crippen LogP contribution in [0.5, 0.6) is 5.75 Å². The first kappa shape index (κ1) is 18.0. The fraction of sp³-hybridized carbons (Fsp3) is 0.450. The van der Waals surface area contributed by atoms with Crippen molar-refractivity contribution in [3.63, 3.8) is 0 Å². The topological polar surface area (TPSA) is 41.6 Å². The van der Waals surface area contributed by atoms with E-state index in [9.17, 15) is 4.79 Å². The van der Waals surface area contributed by atoms with Gasteiger partial charge in [-0.05, 0) is 61.0 Å². The number of amides is 1. The van der Waals surface area contributed by atoms with Gasteiger partial charge < -0.3 is 15.0 Å². The Morgan fingerprint density at radius 2 is 2.00 bits per heavy atom. The van der Waals surface area contributed by atoms with Gasteiger partial charge in [0.2, 0.25) is 5.91 Å². The molecular formula is C20H26N2O2S. The molecule has 4 nitrogen and oxygen atoms in total. The molecule has 0 unspecified atom stereocenters. The van der Waals surface area contributed by atoms with E-state index in [-0.39, 0.29) is 5.91 Å². The van der Waals surface area contributed by atoms with Crippen LogP contribution in [0.2, 0.25) is 0 Å². The predicted molar refractivity (Wildman–Crippen MR) is 102 cm³/mol. The second kappa shape index (κ2) is 9.02. The highest BCUT2D eigenvalue weighted by molar-refractivity contribution is 7.10. The molecule has 0 saturated carbocycles. The van der Waals surface area contributed by atoms with Gasteiger partial charge in [-0.25, -0.2) is 0 Å². The van der Waals surface area contributed by atoms with Crippen LogP contribution in [0.3, 0.4) is 0 Å². The standard InChI is InChI=1S/C20H26N2O2S/c1-24-18-6-4-16(5-7-18)14-22(15-17-8-10-21-11-9-17)20(23)13-19-3-2-12-25-19/h2-7,12,17,21H,8-11,13-15H2,1H3. The van der Waals surface area contributed by atoms with Gasteiger partial charge in [-0.3, -0.25) is 4.79 Å². The monoisotopic (exact) mass is 358 g/mol. The minimum atomic E-state index is 0.219. The fourth-order valence-electron chi connectivity index (χ4n) is 3.26. The van der Waals surface area contributed by atoms with Crippen molar-refractivity contribution in [1.29, 1.82) is 0 Å². The van der Waals surface area contributed by atoms with Gasteiger partial charge in [0.25, 0.3) is 0 Å². The molecule has 25 heavy (non-hydrogen) atoms. The quantitative estimate of drug-likeness (QED) is 0.825. The number of hydrogen-bond donors (Lipinski definition) is 1. The summed E-state index contributed by atoms with van der Waals surface area (Å²) in [5.41, 5.74) is 1.15. The highest BCUT2D eigenvalue weighted by Crippen LogP contribution is 2.19. The number of rotatable bonds is 7. The SMILES string of the molecule is COc1ccc(CN(CC2CCNCC2)C(=O)Cc2cccs2)cc1. The van der Waals surface area contributed by atoms with Crippen LogP contribution in [-0.2, 0) is 17.8 Å². The van der Waals surface area contributed by atoms with Crippen LogP contribution in [0.15, 0.2) is 41.8 Å². The Kier molecular flexibility index (Phi) is 6.48. The second-order valence-corrected chi connectivity index (χ2v) is 7.60. The molecule has 0 radical (unpaired) electrons. The van der Waals surface area contributed by atoms with Gasteiger partial charge in [0, 0.05) is 18.0 Å². The summed E-state index contributed by atoms with van der Waals surface area (Å²) >= 11 is 1.65. The average molecular weight is 359 g/mol. The van der Waals surface area contributed by atoms with Gasteiger partial charge in [-0.2, -0.15) is 0 Å². The maximum absolute atomic E-state index is 12.9. The van der Waals surface area contributed by atoms with Crippen molar-refractivity contribution >= 4 is 17.2 Å². The molecule has 2 aromatic rings. The molecule has 1 aliphatic heterocycles. The van der Waals surface area contributed by atoms with Crippen LogP contribution < -0.4 is 10.1 Å². The van der Waals surface area contributed by atoms with Gasteiger partial charge in [0.15, 0.2) is 0 Å². The minimum Gasteiger partial charge on any atom is -0.497 e. The number of thiophene rings is 1. The van der Waals surface area contributed by atoms with E-state index < -0.39 is 0 Å². The first-order valence-corrected chi connectivity index (χ1v) is 9.76. The molecule has 134 valence electrons. The molecule has 1 aromatic heterocycles. The van der Waals surface area contributed by atoms with Crippen molar-refractivity contribution in [1.82, 2.24) is 10.2 Å². The van der Waals surface area contributed by atoms with Crippen molar-refractivity contribution in [2.75, 3.05) is 26.7 Å². The molecule has 1 aromatic carbocycles. The number of nitrogens with zero attached hydrogens (tertiary/aromatic N) is 1. The molecule has 1 aliphatic rings. The predicted octanol–water partition coefficient (Wildman–Crippen LogP) is 3.33. The summed E-state index contributed by atoms with van der Waals surface area (Å²) in [6.07, 6.45) is 2.79. The lowest BCUT2D eigenvalue weighted by Gasteiger charge is -2.30. The van der Waals surface area contributed by atoms with Crippen LogP contribution in [0.25, 0.3) is 0 Å². The van der Waals surface area contributed by atoms with Crippen molar-refractivity contribution < 1.29 is 9.53 Å². The van der Waals surface area contributed by atoms with E-state index in [1.807, 2.05) is 46.7 Å². The van der Waals surface area contributed by atoms with Crippen molar-refractivity contribution in [3.05, 3.63) is 52.2 Å². The highest BCUT2D eigenvalue weighted by atomic mass is 32.1. The van der Waals surface area contributed by atoms with E-state index >= 15 is 0 Å². The Balaban J connectivity index is 1.68. The number of hydrogen-bond acceptors (Lipinski definition) is 4. The third-order valence-electron chi connectivity index (χ3n) is 4.73. The van der Waals surface area contributed by atoms with Crippen molar-refractivity contribution in [2.45, 2.75) is 25.8 Å². The van der Waals surface area contributed by atoms with Gasteiger partial charge >= 0.3 is 0 Å². The molecule has 0 aliphatic carbocycles. The lowest BCUT2D eigenvalue weighted by Crippen LogP contribution is -2.39. The Labute approximate surface area is 153 Å². The molecule has 1 amide bonds. The first-order chi connectivity index (χ1) is 12.2. The molecule has 5 heteroatoms.